The van der Waals surface area contributed by atoms with Gasteiger partial charge in [-0.15, -0.1) is 0 Å². The van der Waals surface area contributed by atoms with Crippen LogP contribution < -0.4 is 16.4 Å². The summed E-state index contributed by atoms with van der Waals surface area (Å²) in [6.45, 7) is 3.24. The van der Waals surface area contributed by atoms with E-state index in [0.29, 0.717) is 16.1 Å². The Hall–Kier alpha value is -1.37. The van der Waals surface area contributed by atoms with E-state index in [4.69, 9.17) is 28.9 Å². The third kappa shape index (κ3) is 5.24. The molecule has 5 rings (SSSR count). The lowest BCUT2D eigenvalue weighted by atomic mass is 9.63. The highest BCUT2D eigenvalue weighted by Crippen LogP contribution is 2.50. The van der Waals surface area contributed by atoms with Gasteiger partial charge in [-0.1, -0.05) is 55.8 Å². The molecule has 3 saturated carbocycles. The van der Waals surface area contributed by atoms with Crippen LogP contribution in [0.25, 0.3) is 0 Å². The molecule has 1 spiro atoms. The van der Waals surface area contributed by atoms with Crippen molar-refractivity contribution in [2.75, 3.05) is 6.54 Å². The van der Waals surface area contributed by atoms with Crippen molar-refractivity contribution >= 4 is 35.0 Å². The Bertz CT molecular complexity index is 917. The molecule has 188 valence electrons. The van der Waals surface area contributed by atoms with Crippen LogP contribution in [0.5, 0.6) is 0 Å². The van der Waals surface area contributed by atoms with Gasteiger partial charge in [0.25, 0.3) is 0 Å². The second kappa shape index (κ2) is 10.3. The van der Waals surface area contributed by atoms with Gasteiger partial charge in [0.1, 0.15) is 5.82 Å². The predicted molar refractivity (Wildman–Crippen MR) is 133 cm³/mol. The van der Waals surface area contributed by atoms with Crippen LogP contribution in [-0.2, 0) is 9.59 Å². The van der Waals surface area contributed by atoms with Crippen molar-refractivity contribution in [2.45, 2.75) is 89.1 Å². The summed E-state index contributed by atoms with van der Waals surface area (Å²) in [5.74, 6) is -0.291. The predicted octanol–water partition coefficient (Wildman–Crippen LogP) is 5.67. The van der Waals surface area contributed by atoms with Gasteiger partial charge in [-0.2, -0.15) is 0 Å². The minimum absolute atomic E-state index is 0.0288. The van der Waals surface area contributed by atoms with E-state index in [0.717, 1.165) is 70.8 Å². The number of rotatable bonds is 5. The highest BCUT2D eigenvalue weighted by atomic mass is 35.5. The van der Waals surface area contributed by atoms with Crippen LogP contribution in [0.1, 0.15) is 89.2 Å². The molecule has 4 fully saturated rings. The Balaban J connectivity index is 0.000000226. The van der Waals surface area contributed by atoms with Crippen molar-refractivity contribution in [3.05, 3.63) is 33.6 Å². The van der Waals surface area contributed by atoms with Crippen LogP contribution in [0.3, 0.4) is 0 Å². The van der Waals surface area contributed by atoms with Gasteiger partial charge in [0, 0.05) is 22.9 Å². The van der Waals surface area contributed by atoms with Crippen LogP contribution in [-0.4, -0.2) is 23.9 Å². The van der Waals surface area contributed by atoms with Crippen LogP contribution in [0.2, 0.25) is 10.0 Å². The molecule has 3 aliphatic carbocycles. The summed E-state index contributed by atoms with van der Waals surface area (Å²) in [5.41, 5.74) is 5.63. The summed E-state index contributed by atoms with van der Waals surface area (Å²) in [6, 6.07) is 2.38. The highest BCUT2D eigenvalue weighted by Gasteiger charge is 2.50. The molecular formula is C26H36Cl2FN3O2. The van der Waals surface area contributed by atoms with Crippen molar-refractivity contribution < 1.29 is 14.0 Å². The summed E-state index contributed by atoms with van der Waals surface area (Å²) in [4.78, 5) is 23.3. The second-order valence-electron chi connectivity index (χ2n) is 11.0. The molecule has 4 aliphatic rings. The normalized spacial score (nSPS) is 28.4. The first kappa shape index (κ1) is 25.7. The quantitative estimate of drug-likeness (QED) is 0.445. The molecule has 5 nitrogen and oxygen atoms in total. The SMILES string of the molecule is CC1(C(NC(=O)C2CCCC2)c2c(F)ccc(Cl)c2Cl)CCCC1.NC(=O)C1CC2(CCN2)C1. The van der Waals surface area contributed by atoms with E-state index in [-0.39, 0.29) is 34.1 Å². The van der Waals surface area contributed by atoms with Gasteiger partial charge in [-0.25, -0.2) is 4.39 Å². The standard InChI is InChI=1S/C19H24Cl2FNO.C7H12N2O/c1-19(10-4-5-11-19)17(23-18(24)12-6-2-3-7-12)15-14(22)9-8-13(20)16(15)21;8-6(10)5-3-7(4-5)1-2-9-7/h8-9,12,17H,2-7,10-11H2,1H3,(H,23,24);5,9H,1-4H2,(H2,8,10). The van der Waals surface area contributed by atoms with Crippen molar-refractivity contribution in [2.24, 2.45) is 23.0 Å². The Morgan fingerprint density at radius 1 is 1.09 bits per heavy atom. The summed E-state index contributed by atoms with van der Waals surface area (Å²) < 4.78 is 14.6. The van der Waals surface area contributed by atoms with E-state index in [2.05, 4.69) is 17.6 Å². The fourth-order valence-corrected chi connectivity index (χ4v) is 6.66. The molecule has 1 heterocycles. The van der Waals surface area contributed by atoms with Crippen molar-refractivity contribution in [3.8, 4) is 0 Å². The van der Waals surface area contributed by atoms with E-state index in [9.17, 15) is 14.0 Å². The monoisotopic (exact) mass is 511 g/mol. The van der Waals surface area contributed by atoms with Gasteiger partial charge >= 0.3 is 0 Å². The van der Waals surface area contributed by atoms with Crippen molar-refractivity contribution in [1.82, 2.24) is 10.6 Å². The number of nitrogens with two attached hydrogens (primary N) is 1. The third-order valence-electron chi connectivity index (χ3n) is 8.60. The molecule has 34 heavy (non-hydrogen) atoms. The van der Waals surface area contributed by atoms with Crippen molar-refractivity contribution in [1.29, 1.82) is 0 Å². The zero-order valence-electron chi connectivity index (χ0n) is 19.9. The number of carbonyl (C=O) groups is 2. The summed E-state index contributed by atoms with van der Waals surface area (Å²) in [6.07, 6.45) is 11.3. The zero-order chi connectivity index (χ0) is 24.5. The summed E-state index contributed by atoms with van der Waals surface area (Å²) in [5, 5.41) is 7.03. The molecule has 4 N–H and O–H groups in total. The Morgan fingerprint density at radius 2 is 1.71 bits per heavy atom. The Morgan fingerprint density at radius 3 is 2.24 bits per heavy atom. The number of halogens is 3. The minimum atomic E-state index is -0.431. The largest absolute Gasteiger partial charge is 0.369 e. The fraction of sp³-hybridized carbons (Fsp3) is 0.692. The molecule has 1 unspecified atom stereocenters. The highest BCUT2D eigenvalue weighted by molar-refractivity contribution is 6.42. The zero-order valence-corrected chi connectivity index (χ0v) is 21.4. The first-order valence-electron chi connectivity index (χ1n) is 12.6. The number of hydrogen-bond donors (Lipinski definition) is 3. The number of amides is 2. The Labute approximate surface area is 211 Å². The Kier molecular flexibility index (Phi) is 7.80. The van der Waals surface area contributed by atoms with E-state index in [1.165, 1.54) is 18.6 Å². The fourth-order valence-electron chi connectivity index (χ4n) is 6.23. The molecular weight excluding hydrogens is 476 g/mol. The first-order chi connectivity index (χ1) is 16.1. The maximum atomic E-state index is 14.6. The minimum Gasteiger partial charge on any atom is -0.369 e. The number of nitrogens with one attached hydrogen (secondary N) is 2. The van der Waals surface area contributed by atoms with Gasteiger partial charge < -0.3 is 16.4 Å². The average Bonchev–Trinajstić information content (AvgIpc) is 3.41. The van der Waals surface area contributed by atoms with Gasteiger partial charge in [-0.05, 0) is 69.0 Å². The molecule has 2 amide bonds. The van der Waals surface area contributed by atoms with E-state index >= 15 is 0 Å². The number of benzene rings is 1. The van der Waals surface area contributed by atoms with Gasteiger partial charge in [0.2, 0.25) is 11.8 Å². The number of primary amides is 1. The molecule has 1 aromatic carbocycles. The van der Waals surface area contributed by atoms with Gasteiger partial charge in [0.05, 0.1) is 16.1 Å². The van der Waals surface area contributed by atoms with E-state index in [1.54, 1.807) is 0 Å². The smallest absolute Gasteiger partial charge is 0.223 e. The van der Waals surface area contributed by atoms with Crippen LogP contribution in [0.4, 0.5) is 4.39 Å². The molecule has 1 saturated heterocycles. The molecule has 8 heteroatoms. The topological polar surface area (TPSA) is 84.2 Å². The van der Waals surface area contributed by atoms with Crippen LogP contribution in [0.15, 0.2) is 12.1 Å². The molecule has 1 aliphatic heterocycles. The maximum Gasteiger partial charge on any atom is 0.223 e. The van der Waals surface area contributed by atoms with Crippen LogP contribution in [0, 0.1) is 23.1 Å². The molecule has 0 bridgehead atoms. The molecule has 1 atom stereocenters. The van der Waals surface area contributed by atoms with Gasteiger partial charge in [-0.3, -0.25) is 9.59 Å². The van der Waals surface area contributed by atoms with E-state index < -0.39 is 11.9 Å². The third-order valence-corrected chi connectivity index (χ3v) is 9.42. The number of hydrogen-bond acceptors (Lipinski definition) is 3. The van der Waals surface area contributed by atoms with E-state index in [1.807, 2.05) is 0 Å². The lowest BCUT2D eigenvalue weighted by Crippen LogP contribution is -2.66. The summed E-state index contributed by atoms with van der Waals surface area (Å²) in [7, 11) is 0. The van der Waals surface area contributed by atoms with Gasteiger partial charge in [0.15, 0.2) is 0 Å². The molecule has 1 aromatic rings. The first-order valence-corrected chi connectivity index (χ1v) is 13.4. The van der Waals surface area contributed by atoms with Crippen LogP contribution >= 0.6 is 23.2 Å². The molecule has 0 aromatic heterocycles. The van der Waals surface area contributed by atoms with Crippen molar-refractivity contribution in [3.63, 3.8) is 0 Å². The second-order valence-corrected chi connectivity index (χ2v) is 11.8. The summed E-state index contributed by atoms with van der Waals surface area (Å²) >= 11 is 12.5. The molecule has 0 radical (unpaired) electrons. The lowest BCUT2D eigenvalue weighted by molar-refractivity contribution is -0.129. The average molecular weight is 512 g/mol. The number of carbonyl (C=O) groups excluding carboxylic acids is 2. The lowest BCUT2D eigenvalue weighted by Gasteiger charge is -2.53. The maximum absolute atomic E-state index is 14.6.